The minimum Gasteiger partial charge on any atom is -0.393 e. The van der Waals surface area contributed by atoms with Gasteiger partial charge in [0.1, 0.15) is 0 Å². The molecule has 2 saturated carbocycles. The van der Waals surface area contributed by atoms with Gasteiger partial charge in [-0.1, -0.05) is 55.7 Å². The molecule has 1 unspecified atom stereocenters. The van der Waals surface area contributed by atoms with Crippen LogP contribution in [0.25, 0.3) is 0 Å². The molecule has 0 bridgehead atoms. The van der Waals surface area contributed by atoms with Crippen molar-refractivity contribution in [1.29, 1.82) is 0 Å². The Morgan fingerprint density at radius 1 is 1.20 bits per heavy atom. The summed E-state index contributed by atoms with van der Waals surface area (Å²) < 4.78 is 0. The monoisotopic (exact) mass is 434 g/mol. The number of rotatable bonds is 7. The van der Waals surface area contributed by atoms with Gasteiger partial charge in [-0.2, -0.15) is 11.8 Å². The molecule has 0 aliphatic heterocycles. The maximum absolute atomic E-state index is 10.7. The van der Waals surface area contributed by atoms with E-state index < -0.39 is 17.8 Å². The SMILES string of the molecule is CCC(O)(CC)CS[C@@H](C)C1=CCC2/C(=C/C=C3C[C@@H](O)C[C@H](O)C3)CCC[C@]12C. The molecule has 4 heteroatoms. The molecule has 2 fully saturated rings. The van der Waals surface area contributed by atoms with Crippen LogP contribution in [0.4, 0.5) is 0 Å². The van der Waals surface area contributed by atoms with Crippen molar-refractivity contribution < 1.29 is 15.3 Å². The summed E-state index contributed by atoms with van der Waals surface area (Å²) in [4.78, 5) is 0. The molecule has 3 rings (SSSR count). The minimum absolute atomic E-state index is 0.219. The van der Waals surface area contributed by atoms with E-state index in [0.717, 1.165) is 31.4 Å². The molecule has 170 valence electrons. The van der Waals surface area contributed by atoms with Crippen LogP contribution in [0.1, 0.15) is 85.5 Å². The average molecular weight is 435 g/mol. The molecule has 0 saturated heterocycles. The number of fused-ring (bicyclic) bond motifs is 1. The number of aliphatic hydroxyl groups is 3. The molecule has 5 atom stereocenters. The third-order valence-electron chi connectivity index (χ3n) is 8.04. The molecular formula is C26H42O3S. The molecule has 3 aliphatic rings. The maximum atomic E-state index is 10.7. The molecule has 0 aromatic heterocycles. The fourth-order valence-corrected chi connectivity index (χ4v) is 7.35. The number of allylic oxidation sites excluding steroid dienone is 4. The second-order valence-corrected chi connectivity index (χ2v) is 11.5. The van der Waals surface area contributed by atoms with Gasteiger partial charge in [-0.05, 0) is 76.0 Å². The van der Waals surface area contributed by atoms with Gasteiger partial charge in [0.05, 0.1) is 17.8 Å². The zero-order valence-electron chi connectivity index (χ0n) is 19.4. The summed E-state index contributed by atoms with van der Waals surface area (Å²) >= 11 is 1.92. The van der Waals surface area contributed by atoms with E-state index in [1.165, 1.54) is 24.0 Å². The smallest absolute Gasteiger partial charge is 0.0732 e. The first-order chi connectivity index (χ1) is 14.2. The van der Waals surface area contributed by atoms with E-state index in [4.69, 9.17) is 0 Å². The van der Waals surface area contributed by atoms with Gasteiger partial charge in [0, 0.05) is 11.0 Å². The van der Waals surface area contributed by atoms with Crippen molar-refractivity contribution in [3.8, 4) is 0 Å². The van der Waals surface area contributed by atoms with Crippen molar-refractivity contribution in [3.05, 3.63) is 34.9 Å². The van der Waals surface area contributed by atoms with Gasteiger partial charge in [0.2, 0.25) is 0 Å². The molecule has 30 heavy (non-hydrogen) atoms. The van der Waals surface area contributed by atoms with Crippen LogP contribution in [-0.4, -0.2) is 44.1 Å². The van der Waals surface area contributed by atoms with Crippen LogP contribution < -0.4 is 0 Å². The Morgan fingerprint density at radius 2 is 1.87 bits per heavy atom. The standard InChI is InChI=1S/C26H42O3S/c1-5-26(29,6-2)17-30-18(3)23-11-12-24-20(8-7-13-25(23,24)4)10-9-19-14-21(27)16-22(28)15-19/h9-11,18,21-22,24,27-29H,5-8,12-17H2,1-4H3/b20-10+/t18-,21+,22+,24?,25+/m0/s1. The van der Waals surface area contributed by atoms with Crippen molar-refractivity contribution in [2.45, 2.75) is 109 Å². The Hall–Kier alpha value is -0.550. The Balaban J connectivity index is 1.70. The lowest BCUT2D eigenvalue weighted by Crippen LogP contribution is -2.35. The summed E-state index contributed by atoms with van der Waals surface area (Å²) in [6, 6.07) is 0. The van der Waals surface area contributed by atoms with Crippen LogP contribution in [0.2, 0.25) is 0 Å². The molecule has 0 amide bonds. The van der Waals surface area contributed by atoms with Gasteiger partial charge in [-0.3, -0.25) is 0 Å². The Morgan fingerprint density at radius 3 is 2.50 bits per heavy atom. The Bertz CT molecular complexity index is 678. The lowest BCUT2D eigenvalue weighted by atomic mass is 9.64. The van der Waals surface area contributed by atoms with E-state index in [-0.39, 0.29) is 5.41 Å². The highest BCUT2D eigenvalue weighted by molar-refractivity contribution is 8.00. The summed E-state index contributed by atoms with van der Waals surface area (Å²) in [5, 5.41) is 31.1. The van der Waals surface area contributed by atoms with Gasteiger partial charge in [-0.25, -0.2) is 0 Å². The number of thioether (sulfide) groups is 1. The first-order valence-electron chi connectivity index (χ1n) is 12.0. The van der Waals surface area contributed by atoms with Crippen molar-refractivity contribution in [2.24, 2.45) is 11.3 Å². The molecule has 3 N–H and O–H groups in total. The molecule has 0 aromatic carbocycles. The second-order valence-electron chi connectivity index (χ2n) is 10.1. The van der Waals surface area contributed by atoms with Crippen LogP contribution in [-0.2, 0) is 0 Å². The van der Waals surface area contributed by atoms with E-state index in [9.17, 15) is 15.3 Å². The fourth-order valence-electron chi connectivity index (χ4n) is 5.84. The largest absolute Gasteiger partial charge is 0.393 e. The van der Waals surface area contributed by atoms with Gasteiger partial charge in [-0.15, -0.1) is 0 Å². The highest BCUT2D eigenvalue weighted by Crippen LogP contribution is 2.56. The molecule has 0 spiro atoms. The van der Waals surface area contributed by atoms with E-state index in [0.29, 0.717) is 30.4 Å². The first-order valence-corrected chi connectivity index (χ1v) is 13.0. The number of hydrogen-bond donors (Lipinski definition) is 3. The summed E-state index contributed by atoms with van der Waals surface area (Å²) in [5.74, 6) is 1.37. The van der Waals surface area contributed by atoms with E-state index in [1.54, 1.807) is 5.57 Å². The molecule has 0 radical (unpaired) electrons. The van der Waals surface area contributed by atoms with Crippen LogP contribution in [0.5, 0.6) is 0 Å². The summed E-state index contributed by atoms with van der Waals surface area (Å²) in [6.07, 6.45) is 14.4. The lowest BCUT2D eigenvalue weighted by Gasteiger charge is -2.42. The van der Waals surface area contributed by atoms with Crippen molar-refractivity contribution >= 4 is 11.8 Å². The van der Waals surface area contributed by atoms with Crippen LogP contribution >= 0.6 is 11.8 Å². The summed E-state index contributed by atoms with van der Waals surface area (Å²) in [6.45, 7) is 8.93. The molecule has 0 aromatic rings. The zero-order valence-corrected chi connectivity index (χ0v) is 20.2. The number of aliphatic hydroxyl groups excluding tert-OH is 2. The van der Waals surface area contributed by atoms with Crippen molar-refractivity contribution in [2.75, 3.05) is 5.75 Å². The summed E-state index contributed by atoms with van der Waals surface area (Å²) in [7, 11) is 0. The third kappa shape index (κ3) is 5.26. The van der Waals surface area contributed by atoms with Gasteiger partial charge < -0.3 is 15.3 Å². The second kappa shape index (κ2) is 9.94. The molecule has 3 aliphatic carbocycles. The van der Waals surface area contributed by atoms with E-state index in [1.807, 2.05) is 11.8 Å². The van der Waals surface area contributed by atoms with E-state index in [2.05, 4.69) is 45.9 Å². The summed E-state index contributed by atoms with van der Waals surface area (Å²) in [5.41, 5.74) is 3.96. The van der Waals surface area contributed by atoms with Crippen molar-refractivity contribution in [3.63, 3.8) is 0 Å². The van der Waals surface area contributed by atoms with Crippen molar-refractivity contribution in [1.82, 2.24) is 0 Å². The Kier molecular flexibility index (Phi) is 7.98. The van der Waals surface area contributed by atoms with Crippen LogP contribution in [0.3, 0.4) is 0 Å². The molecular weight excluding hydrogens is 392 g/mol. The van der Waals surface area contributed by atoms with Gasteiger partial charge in [0.15, 0.2) is 0 Å². The lowest BCUT2D eigenvalue weighted by molar-refractivity contribution is 0.0570. The topological polar surface area (TPSA) is 60.7 Å². The zero-order chi connectivity index (χ0) is 21.9. The predicted molar refractivity (Wildman–Crippen MR) is 128 cm³/mol. The van der Waals surface area contributed by atoms with Crippen LogP contribution in [0.15, 0.2) is 34.9 Å². The van der Waals surface area contributed by atoms with Crippen LogP contribution in [0, 0.1) is 11.3 Å². The normalized spacial score (nSPS) is 34.6. The van der Waals surface area contributed by atoms with Gasteiger partial charge >= 0.3 is 0 Å². The predicted octanol–water partition coefficient (Wildman–Crippen LogP) is 5.55. The highest BCUT2D eigenvalue weighted by atomic mass is 32.2. The minimum atomic E-state index is -0.544. The number of hydrogen-bond acceptors (Lipinski definition) is 4. The average Bonchev–Trinajstić information content (AvgIpc) is 3.07. The third-order valence-corrected chi connectivity index (χ3v) is 9.50. The molecule has 3 nitrogen and oxygen atoms in total. The molecule has 0 heterocycles. The fraction of sp³-hybridized carbons (Fsp3) is 0.769. The quantitative estimate of drug-likeness (QED) is 0.460. The highest BCUT2D eigenvalue weighted by Gasteiger charge is 2.46. The van der Waals surface area contributed by atoms with E-state index >= 15 is 0 Å². The van der Waals surface area contributed by atoms with Gasteiger partial charge in [0.25, 0.3) is 0 Å². The maximum Gasteiger partial charge on any atom is 0.0732 e. The first kappa shape index (κ1) is 24.1. The Labute approximate surface area is 187 Å².